The van der Waals surface area contributed by atoms with Crippen LogP contribution in [0.4, 0.5) is 4.39 Å². The molecule has 25 heavy (non-hydrogen) atoms. The van der Waals surface area contributed by atoms with Crippen molar-refractivity contribution in [2.75, 3.05) is 19.8 Å². The van der Waals surface area contributed by atoms with Gasteiger partial charge < -0.3 is 14.2 Å². The Labute approximate surface area is 152 Å². The molecule has 2 fully saturated rings. The molecule has 144 valence electrons. The van der Waals surface area contributed by atoms with Crippen molar-refractivity contribution in [1.29, 1.82) is 0 Å². The van der Waals surface area contributed by atoms with Crippen LogP contribution in [-0.2, 0) is 14.2 Å². The minimum absolute atomic E-state index is 0.0196. The van der Waals surface area contributed by atoms with Crippen LogP contribution >= 0.6 is 0 Å². The maximum atomic E-state index is 12.6. The molecule has 3 nitrogen and oxygen atoms in total. The molecule has 2 atom stereocenters. The van der Waals surface area contributed by atoms with Crippen LogP contribution in [0.15, 0.2) is 18.2 Å². The van der Waals surface area contributed by atoms with Crippen molar-refractivity contribution in [1.82, 2.24) is 0 Å². The summed E-state index contributed by atoms with van der Waals surface area (Å²) >= 11 is 0. The van der Waals surface area contributed by atoms with Gasteiger partial charge in [0.2, 0.25) is 0 Å². The van der Waals surface area contributed by atoms with Crippen molar-refractivity contribution in [3.8, 4) is 0 Å². The fraction of sp³-hybridized carbons (Fsp3) is 0.714. The van der Waals surface area contributed by atoms with Gasteiger partial charge in [0.15, 0.2) is 6.29 Å². The van der Waals surface area contributed by atoms with Gasteiger partial charge >= 0.3 is 0 Å². The molecule has 0 N–H and O–H groups in total. The lowest BCUT2D eigenvalue weighted by atomic mass is 10.0. The predicted molar refractivity (Wildman–Crippen MR) is 100 cm³/mol. The Morgan fingerprint density at radius 3 is 1.84 bits per heavy atom. The summed E-state index contributed by atoms with van der Waals surface area (Å²) in [5.74, 6) is 1.26. The third kappa shape index (κ3) is 9.93. The minimum atomic E-state index is -0.116. The van der Waals surface area contributed by atoms with Gasteiger partial charge in [-0.1, -0.05) is 26.0 Å². The fourth-order valence-electron chi connectivity index (χ4n) is 2.41. The number of halogens is 1. The zero-order chi connectivity index (χ0) is 18.8. The highest BCUT2D eigenvalue weighted by molar-refractivity contribution is 5.21. The topological polar surface area (TPSA) is 27.7 Å². The molecule has 0 spiro atoms. The van der Waals surface area contributed by atoms with Crippen LogP contribution < -0.4 is 0 Å². The molecule has 2 heterocycles. The molecule has 0 aliphatic carbocycles. The predicted octanol–water partition coefficient (Wildman–Crippen LogP) is 5.28. The molecule has 0 amide bonds. The third-order valence-corrected chi connectivity index (χ3v) is 4.29. The van der Waals surface area contributed by atoms with E-state index < -0.39 is 0 Å². The molecule has 0 aromatic heterocycles. The van der Waals surface area contributed by atoms with Crippen LogP contribution in [0.25, 0.3) is 0 Å². The Morgan fingerprint density at radius 1 is 0.840 bits per heavy atom. The van der Waals surface area contributed by atoms with Gasteiger partial charge in [-0.05, 0) is 63.6 Å². The van der Waals surface area contributed by atoms with Crippen molar-refractivity contribution >= 4 is 0 Å². The molecule has 0 saturated carbocycles. The second-order valence-electron chi connectivity index (χ2n) is 7.42. The summed E-state index contributed by atoms with van der Waals surface area (Å²) in [6, 6.07) is 5.22. The molecule has 1 aromatic rings. The van der Waals surface area contributed by atoms with E-state index in [4.69, 9.17) is 14.2 Å². The van der Waals surface area contributed by atoms with Crippen LogP contribution in [0.2, 0.25) is 0 Å². The van der Waals surface area contributed by atoms with Gasteiger partial charge in [-0.2, -0.15) is 0 Å². The monoisotopic (exact) mass is 354 g/mol. The number of aryl methyl sites for hydroxylation is 2. The number of benzene rings is 1. The average Bonchev–Trinajstić information content (AvgIpc) is 2.58. The van der Waals surface area contributed by atoms with E-state index in [1.54, 1.807) is 13.0 Å². The SMILES string of the molecule is CC1CCC(C)OC1.CC1COC(C)OC1.Cc1ccc(C)c(F)c1. The van der Waals surface area contributed by atoms with Gasteiger partial charge in [0.05, 0.1) is 19.3 Å². The lowest BCUT2D eigenvalue weighted by Gasteiger charge is -2.24. The molecule has 0 bridgehead atoms. The van der Waals surface area contributed by atoms with E-state index in [0.29, 0.717) is 17.6 Å². The summed E-state index contributed by atoms with van der Waals surface area (Å²) in [5.41, 5.74) is 1.68. The smallest absolute Gasteiger partial charge is 0.154 e. The van der Waals surface area contributed by atoms with Crippen LogP contribution in [0.3, 0.4) is 0 Å². The van der Waals surface area contributed by atoms with Gasteiger partial charge in [-0.25, -0.2) is 4.39 Å². The summed E-state index contributed by atoms with van der Waals surface area (Å²) in [6.07, 6.45) is 3.14. The number of hydrogen-bond acceptors (Lipinski definition) is 3. The van der Waals surface area contributed by atoms with Gasteiger partial charge in [-0.15, -0.1) is 0 Å². The lowest BCUT2D eigenvalue weighted by Crippen LogP contribution is -2.27. The molecule has 1 aromatic carbocycles. The number of rotatable bonds is 0. The summed E-state index contributed by atoms with van der Waals surface area (Å²) in [4.78, 5) is 0. The highest BCUT2D eigenvalue weighted by Gasteiger charge is 2.14. The highest BCUT2D eigenvalue weighted by atomic mass is 19.1. The first kappa shape index (κ1) is 22.1. The zero-order valence-corrected chi connectivity index (χ0v) is 16.7. The standard InChI is InChI=1S/C8H9F.C7H14O.C6H12O2/c1-6-3-4-7(2)8(9)5-6;1-6-3-4-7(2)8-5-6;1-5-3-7-6(2)8-4-5/h3-5H,1-2H3;6-7H,3-5H2,1-2H3;5-6H,3-4H2,1-2H3. The maximum absolute atomic E-state index is 12.6. The van der Waals surface area contributed by atoms with Crippen molar-refractivity contribution in [2.24, 2.45) is 11.8 Å². The summed E-state index contributed by atoms with van der Waals surface area (Å²) in [6.45, 7) is 14.7. The van der Waals surface area contributed by atoms with Gasteiger partial charge in [0.1, 0.15) is 5.82 Å². The lowest BCUT2D eigenvalue weighted by molar-refractivity contribution is -0.187. The van der Waals surface area contributed by atoms with Crippen molar-refractivity contribution in [3.63, 3.8) is 0 Å². The normalized spacial score (nSPS) is 28.9. The Bertz CT molecular complexity index is 436. The van der Waals surface area contributed by atoms with E-state index in [9.17, 15) is 4.39 Å². The molecule has 2 aliphatic heterocycles. The second-order valence-corrected chi connectivity index (χ2v) is 7.42. The van der Waals surface area contributed by atoms with Crippen LogP contribution in [0.5, 0.6) is 0 Å². The first-order valence-electron chi connectivity index (χ1n) is 9.35. The first-order valence-corrected chi connectivity index (χ1v) is 9.35. The molecular weight excluding hydrogens is 319 g/mol. The quantitative estimate of drug-likeness (QED) is 0.634. The van der Waals surface area contributed by atoms with Crippen LogP contribution in [0.1, 0.15) is 51.7 Å². The largest absolute Gasteiger partial charge is 0.378 e. The Balaban J connectivity index is 0.000000188. The number of ether oxygens (including phenoxy) is 3. The Kier molecular flexibility index (Phi) is 10.2. The molecule has 3 rings (SSSR count). The van der Waals surface area contributed by atoms with E-state index in [1.165, 1.54) is 18.9 Å². The Hall–Kier alpha value is -0.970. The number of hydrogen-bond donors (Lipinski definition) is 0. The molecular formula is C21H35FO3. The molecule has 2 saturated heterocycles. The summed E-state index contributed by atoms with van der Waals surface area (Å²) < 4.78 is 28.3. The van der Waals surface area contributed by atoms with Crippen molar-refractivity contribution < 1.29 is 18.6 Å². The van der Waals surface area contributed by atoms with Crippen molar-refractivity contribution in [3.05, 3.63) is 35.1 Å². The van der Waals surface area contributed by atoms with E-state index in [2.05, 4.69) is 20.8 Å². The first-order chi connectivity index (χ1) is 11.8. The third-order valence-electron chi connectivity index (χ3n) is 4.29. The van der Waals surface area contributed by atoms with E-state index in [1.807, 2.05) is 19.9 Å². The summed E-state index contributed by atoms with van der Waals surface area (Å²) in [7, 11) is 0. The average molecular weight is 355 g/mol. The molecule has 2 unspecified atom stereocenters. The zero-order valence-electron chi connectivity index (χ0n) is 16.7. The van der Waals surface area contributed by atoms with Crippen LogP contribution in [-0.4, -0.2) is 32.2 Å². The van der Waals surface area contributed by atoms with E-state index >= 15 is 0 Å². The van der Waals surface area contributed by atoms with Gasteiger partial charge in [0, 0.05) is 12.5 Å². The summed E-state index contributed by atoms with van der Waals surface area (Å²) in [5, 5.41) is 0. The molecule has 4 heteroatoms. The van der Waals surface area contributed by atoms with E-state index in [0.717, 1.165) is 31.3 Å². The second kappa shape index (κ2) is 11.6. The van der Waals surface area contributed by atoms with Crippen LogP contribution in [0, 0.1) is 31.5 Å². The van der Waals surface area contributed by atoms with Gasteiger partial charge in [-0.3, -0.25) is 0 Å². The van der Waals surface area contributed by atoms with E-state index in [-0.39, 0.29) is 12.1 Å². The maximum Gasteiger partial charge on any atom is 0.154 e. The highest BCUT2D eigenvalue weighted by Crippen LogP contribution is 2.16. The van der Waals surface area contributed by atoms with Crippen molar-refractivity contribution in [2.45, 2.75) is 66.8 Å². The Morgan fingerprint density at radius 2 is 1.44 bits per heavy atom. The van der Waals surface area contributed by atoms with Gasteiger partial charge in [0.25, 0.3) is 0 Å². The molecule has 0 radical (unpaired) electrons. The fourth-order valence-corrected chi connectivity index (χ4v) is 2.41. The molecule has 2 aliphatic rings. The minimum Gasteiger partial charge on any atom is -0.378 e.